The van der Waals surface area contributed by atoms with Crippen molar-refractivity contribution in [3.8, 4) is 11.8 Å². The summed E-state index contributed by atoms with van der Waals surface area (Å²) in [5.41, 5.74) is 0.895. The Morgan fingerprint density at radius 2 is 2.22 bits per heavy atom. The lowest BCUT2D eigenvalue weighted by Gasteiger charge is -2.18. The van der Waals surface area contributed by atoms with Gasteiger partial charge >= 0.3 is 0 Å². The van der Waals surface area contributed by atoms with Crippen molar-refractivity contribution in [2.45, 2.75) is 31.3 Å². The van der Waals surface area contributed by atoms with Crippen molar-refractivity contribution in [1.82, 2.24) is 5.32 Å². The molecule has 0 aliphatic carbocycles. The van der Waals surface area contributed by atoms with Crippen LogP contribution >= 0.6 is 23.2 Å². The molecule has 0 saturated carbocycles. The molecule has 18 heavy (non-hydrogen) atoms. The number of halogens is 2. The second kappa shape index (κ2) is 5.79. The second-order valence-electron chi connectivity index (χ2n) is 4.33. The summed E-state index contributed by atoms with van der Waals surface area (Å²) in [7, 11) is 1.62. The van der Waals surface area contributed by atoms with E-state index in [0.717, 1.165) is 24.2 Å². The molecule has 3 nitrogen and oxygen atoms in total. The van der Waals surface area contributed by atoms with Crippen LogP contribution in [0.1, 0.15) is 30.9 Å². The third kappa shape index (κ3) is 2.56. The van der Waals surface area contributed by atoms with Crippen LogP contribution in [-0.2, 0) is 0 Å². The summed E-state index contributed by atoms with van der Waals surface area (Å²) in [4.78, 5) is 0. The second-order valence-corrected chi connectivity index (χ2v) is 5.12. The average molecular weight is 285 g/mol. The number of benzene rings is 1. The van der Waals surface area contributed by atoms with Gasteiger partial charge in [-0.15, -0.1) is 0 Å². The molecule has 1 aromatic carbocycles. The fourth-order valence-electron chi connectivity index (χ4n) is 2.37. The predicted molar refractivity (Wildman–Crippen MR) is 72.1 cm³/mol. The molecule has 0 amide bonds. The maximum absolute atomic E-state index is 8.72. The van der Waals surface area contributed by atoms with Crippen LogP contribution in [0.4, 0.5) is 0 Å². The highest BCUT2D eigenvalue weighted by Crippen LogP contribution is 2.41. The smallest absolute Gasteiger partial charge is 0.125 e. The zero-order chi connectivity index (χ0) is 13.1. The minimum atomic E-state index is 0.101. The molecule has 5 heteroatoms. The molecular weight excluding hydrogens is 271 g/mol. The van der Waals surface area contributed by atoms with Crippen molar-refractivity contribution < 1.29 is 4.74 Å². The van der Waals surface area contributed by atoms with Crippen LogP contribution in [-0.4, -0.2) is 13.2 Å². The summed E-state index contributed by atoms with van der Waals surface area (Å²) < 4.78 is 5.34. The van der Waals surface area contributed by atoms with Gasteiger partial charge in [-0.25, -0.2) is 0 Å². The van der Waals surface area contributed by atoms with E-state index >= 15 is 0 Å². The number of nitrogens with one attached hydrogen (secondary N) is 1. The first-order valence-corrected chi connectivity index (χ1v) is 6.57. The average Bonchev–Trinajstić information content (AvgIpc) is 2.81. The maximum Gasteiger partial charge on any atom is 0.125 e. The monoisotopic (exact) mass is 284 g/mol. The molecule has 2 atom stereocenters. The molecule has 0 bridgehead atoms. The lowest BCUT2D eigenvalue weighted by molar-refractivity contribution is 0.402. The molecule has 1 N–H and O–H groups in total. The van der Waals surface area contributed by atoms with Gasteiger partial charge in [0.05, 0.1) is 29.6 Å². The molecule has 1 aliphatic heterocycles. The number of hydrogen-bond acceptors (Lipinski definition) is 3. The molecule has 1 aromatic rings. The molecule has 1 aliphatic rings. The Hall–Kier alpha value is -0.950. The van der Waals surface area contributed by atoms with Crippen molar-refractivity contribution in [1.29, 1.82) is 5.26 Å². The number of nitriles is 1. The fourth-order valence-corrected chi connectivity index (χ4v) is 2.82. The molecule has 0 aromatic heterocycles. The molecule has 96 valence electrons. The Morgan fingerprint density at radius 3 is 2.89 bits per heavy atom. The summed E-state index contributed by atoms with van der Waals surface area (Å²) in [5, 5.41) is 13.2. The van der Waals surface area contributed by atoms with Gasteiger partial charge < -0.3 is 10.1 Å². The highest BCUT2D eigenvalue weighted by molar-refractivity contribution is 6.42. The van der Waals surface area contributed by atoms with E-state index in [1.165, 1.54) is 0 Å². The van der Waals surface area contributed by atoms with Crippen molar-refractivity contribution in [2.24, 2.45) is 0 Å². The number of ether oxygens (including phenoxy) is 1. The van der Waals surface area contributed by atoms with Gasteiger partial charge in [0.2, 0.25) is 0 Å². The molecule has 2 rings (SSSR count). The first-order valence-electron chi connectivity index (χ1n) is 5.82. The van der Waals surface area contributed by atoms with Gasteiger partial charge in [-0.05, 0) is 25.0 Å². The Kier molecular flexibility index (Phi) is 4.34. The number of rotatable bonds is 3. The summed E-state index contributed by atoms with van der Waals surface area (Å²) in [6, 6.07) is 6.06. The fraction of sp³-hybridized carbons (Fsp3) is 0.462. The van der Waals surface area contributed by atoms with Gasteiger partial charge in [-0.3, -0.25) is 0 Å². The van der Waals surface area contributed by atoms with E-state index in [9.17, 15) is 0 Å². The normalized spacial score (nSPS) is 22.8. The number of methoxy groups -OCH3 is 1. The van der Waals surface area contributed by atoms with Crippen LogP contribution in [0.15, 0.2) is 12.1 Å². The first kappa shape index (κ1) is 13.5. The standard InChI is InChI=1S/C13H14Cl2N2O/c1-18-11-5-3-9(14)13(15)12(11)10-4-2-8(17-10)6-7-16/h3,5,8,10,17H,2,4,6H2,1H3. The molecule has 1 saturated heterocycles. The molecule has 1 fully saturated rings. The van der Waals surface area contributed by atoms with Crippen LogP contribution in [0.5, 0.6) is 5.75 Å². The van der Waals surface area contributed by atoms with Gasteiger partial charge in [0.1, 0.15) is 5.75 Å². The van der Waals surface area contributed by atoms with E-state index < -0.39 is 0 Å². The third-order valence-electron chi connectivity index (χ3n) is 3.24. The zero-order valence-corrected chi connectivity index (χ0v) is 11.6. The molecular formula is C13H14Cl2N2O. The zero-order valence-electron chi connectivity index (χ0n) is 10.0. The summed E-state index contributed by atoms with van der Waals surface area (Å²) in [6.07, 6.45) is 2.41. The van der Waals surface area contributed by atoms with E-state index in [-0.39, 0.29) is 12.1 Å². The largest absolute Gasteiger partial charge is 0.496 e. The topological polar surface area (TPSA) is 45.0 Å². The van der Waals surface area contributed by atoms with E-state index in [2.05, 4.69) is 11.4 Å². The Labute approximate surface area is 117 Å². The van der Waals surface area contributed by atoms with E-state index in [1.54, 1.807) is 13.2 Å². The summed E-state index contributed by atoms with van der Waals surface area (Å²) >= 11 is 12.3. The maximum atomic E-state index is 8.72. The molecule has 1 heterocycles. The number of hydrogen-bond donors (Lipinski definition) is 1. The minimum Gasteiger partial charge on any atom is -0.496 e. The van der Waals surface area contributed by atoms with Crippen molar-refractivity contribution in [3.05, 3.63) is 27.7 Å². The van der Waals surface area contributed by atoms with Crippen LogP contribution in [0, 0.1) is 11.3 Å². The Bertz CT molecular complexity index is 485. The van der Waals surface area contributed by atoms with E-state index in [0.29, 0.717) is 16.5 Å². The molecule has 0 radical (unpaired) electrons. The Morgan fingerprint density at radius 1 is 1.44 bits per heavy atom. The van der Waals surface area contributed by atoms with Gasteiger partial charge in [-0.1, -0.05) is 23.2 Å². The van der Waals surface area contributed by atoms with Gasteiger partial charge in [0.15, 0.2) is 0 Å². The van der Waals surface area contributed by atoms with Crippen molar-refractivity contribution in [3.63, 3.8) is 0 Å². The lowest BCUT2D eigenvalue weighted by Crippen LogP contribution is -2.24. The molecule has 0 spiro atoms. The van der Waals surface area contributed by atoms with Crippen molar-refractivity contribution >= 4 is 23.2 Å². The van der Waals surface area contributed by atoms with E-state index in [4.69, 9.17) is 33.2 Å². The lowest BCUT2D eigenvalue weighted by atomic mass is 10.0. The van der Waals surface area contributed by atoms with Crippen molar-refractivity contribution in [2.75, 3.05) is 7.11 Å². The quantitative estimate of drug-likeness (QED) is 0.920. The van der Waals surface area contributed by atoms with Crippen LogP contribution in [0.2, 0.25) is 10.0 Å². The number of nitrogens with zero attached hydrogens (tertiary/aromatic N) is 1. The Balaban J connectivity index is 2.29. The van der Waals surface area contributed by atoms with Crippen LogP contribution in [0.25, 0.3) is 0 Å². The van der Waals surface area contributed by atoms with Gasteiger partial charge in [-0.2, -0.15) is 5.26 Å². The SMILES string of the molecule is COc1ccc(Cl)c(Cl)c1C1CCC(CC#N)N1. The third-order valence-corrected chi connectivity index (χ3v) is 4.06. The van der Waals surface area contributed by atoms with Gasteiger partial charge in [0.25, 0.3) is 0 Å². The van der Waals surface area contributed by atoms with Crippen LogP contribution < -0.4 is 10.1 Å². The predicted octanol–water partition coefficient (Wildman–Crippen LogP) is 3.71. The minimum absolute atomic E-state index is 0.101. The highest BCUT2D eigenvalue weighted by atomic mass is 35.5. The first-order chi connectivity index (χ1) is 8.67. The van der Waals surface area contributed by atoms with E-state index in [1.807, 2.05) is 6.07 Å². The van der Waals surface area contributed by atoms with Gasteiger partial charge in [0, 0.05) is 17.6 Å². The van der Waals surface area contributed by atoms with Crippen LogP contribution in [0.3, 0.4) is 0 Å². The summed E-state index contributed by atoms with van der Waals surface area (Å²) in [5.74, 6) is 0.736. The summed E-state index contributed by atoms with van der Waals surface area (Å²) in [6.45, 7) is 0. The molecule has 2 unspecified atom stereocenters. The highest BCUT2D eigenvalue weighted by Gasteiger charge is 2.29.